The average molecular weight is 230 g/mol. The summed E-state index contributed by atoms with van der Waals surface area (Å²) in [6.07, 6.45) is 0.733. The van der Waals surface area contributed by atoms with E-state index in [-0.39, 0.29) is 6.04 Å². The summed E-state index contributed by atoms with van der Waals surface area (Å²) >= 11 is 5.98. The van der Waals surface area contributed by atoms with Gasteiger partial charge in [0, 0.05) is 6.04 Å². The van der Waals surface area contributed by atoms with Crippen molar-refractivity contribution in [2.24, 2.45) is 5.73 Å². The van der Waals surface area contributed by atoms with Crippen LogP contribution in [0.3, 0.4) is 0 Å². The van der Waals surface area contributed by atoms with Gasteiger partial charge in [0.25, 0.3) is 0 Å². The summed E-state index contributed by atoms with van der Waals surface area (Å²) in [7, 11) is 3.16. The zero-order chi connectivity index (χ0) is 11.4. The first-order valence-corrected chi connectivity index (χ1v) is 5.12. The van der Waals surface area contributed by atoms with Crippen LogP contribution in [-0.2, 0) is 6.42 Å². The third-order valence-corrected chi connectivity index (χ3v) is 2.39. The quantitative estimate of drug-likeness (QED) is 0.861. The molecule has 0 aliphatic heterocycles. The van der Waals surface area contributed by atoms with Crippen LogP contribution < -0.4 is 15.2 Å². The Morgan fingerprint density at radius 3 is 2.33 bits per heavy atom. The lowest BCUT2D eigenvalue weighted by Crippen LogP contribution is -2.18. The third kappa shape index (κ3) is 2.76. The van der Waals surface area contributed by atoms with Crippen LogP contribution in [0.4, 0.5) is 0 Å². The average Bonchev–Trinajstić information content (AvgIpc) is 2.19. The van der Waals surface area contributed by atoms with Crippen LogP contribution in [0, 0.1) is 0 Å². The Kier molecular flexibility index (Phi) is 4.24. The minimum Gasteiger partial charge on any atom is -0.493 e. The fourth-order valence-electron chi connectivity index (χ4n) is 1.50. The standard InChI is InChI=1S/C11H16ClNO2/c1-7(13)6-8-4-5-9(12)11(15-3)10(8)14-2/h4-5,7H,6,13H2,1-3H3. The number of hydrogen-bond acceptors (Lipinski definition) is 3. The molecule has 0 bridgehead atoms. The number of halogens is 1. The molecule has 0 saturated heterocycles. The zero-order valence-corrected chi connectivity index (χ0v) is 9.97. The number of benzene rings is 1. The van der Waals surface area contributed by atoms with Crippen molar-refractivity contribution in [3.63, 3.8) is 0 Å². The Morgan fingerprint density at radius 2 is 1.87 bits per heavy atom. The van der Waals surface area contributed by atoms with E-state index in [1.807, 2.05) is 13.0 Å². The zero-order valence-electron chi connectivity index (χ0n) is 9.21. The minimum atomic E-state index is 0.0739. The molecule has 0 spiro atoms. The Morgan fingerprint density at radius 1 is 1.27 bits per heavy atom. The van der Waals surface area contributed by atoms with Gasteiger partial charge in [-0.2, -0.15) is 0 Å². The van der Waals surface area contributed by atoms with Gasteiger partial charge in [0.2, 0.25) is 0 Å². The lowest BCUT2D eigenvalue weighted by atomic mass is 10.1. The maximum absolute atomic E-state index is 5.98. The van der Waals surface area contributed by atoms with Gasteiger partial charge >= 0.3 is 0 Å². The van der Waals surface area contributed by atoms with Crippen LogP contribution in [0.2, 0.25) is 5.02 Å². The summed E-state index contributed by atoms with van der Waals surface area (Å²) in [5.41, 5.74) is 6.76. The first-order valence-electron chi connectivity index (χ1n) is 4.75. The second-order valence-electron chi connectivity index (χ2n) is 3.45. The summed E-state index contributed by atoms with van der Waals surface area (Å²) in [4.78, 5) is 0. The van der Waals surface area contributed by atoms with Crippen molar-refractivity contribution in [2.45, 2.75) is 19.4 Å². The van der Waals surface area contributed by atoms with E-state index in [0.29, 0.717) is 16.5 Å². The van der Waals surface area contributed by atoms with E-state index in [9.17, 15) is 0 Å². The van der Waals surface area contributed by atoms with E-state index in [0.717, 1.165) is 12.0 Å². The van der Waals surface area contributed by atoms with E-state index in [1.54, 1.807) is 20.3 Å². The topological polar surface area (TPSA) is 44.5 Å². The highest BCUT2D eigenvalue weighted by atomic mass is 35.5. The SMILES string of the molecule is COc1c(Cl)ccc(CC(C)N)c1OC. The number of methoxy groups -OCH3 is 2. The van der Waals surface area contributed by atoms with Crippen molar-refractivity contribution in [3.8, 4) is 11.5 Å². The van der Waals surface area contributed by atoms with Gasteiger partial charge in [-0.25, -0.2) is 0 Å². The molecule has 2 N–H and O–H groups in total. The Bertz CT molecular complexity index is 340. The normalized spacial score (nSPS) is 12.3. The number of hydrogen-bond donors (Lipinski definition) is 1. The van der Waals surface area contributed by atoms with Crippen molar-refractivity contribution in [1.29, 1.82) is 0 Å². The highest BCUT2D eigenvalue weighted by Crippen LogP contribution is 2.38. The summed E-state index contributed by atoms with van der Waals surface area (Å²) in [6.45, 7) is 1.94. The molecule has 0 aliphatic carbocycles. The second kappa shape index (κ2) is 5.24. The minimum absolute atomic E-state index is 0.0739. The summed E-state index contributed by atoms with van der Waals surface area (Å²) in [5.74, 6) is 1.24. The van der Waals surface area contributed by atoms with Crippen molar-refractivity contribution in [3.05, 3.63) is 22.7 Å². The molecule has 0 aliphatic rings. The Balaban J connectivity index is 3.16. The largest absolute Gasteiger partial charge is 0.493 e. The molecule has 3 nitrogen and oxygen atoms in total. The molecular formula is C11H16ClNO2. The summed E-state index contributed by atoms with van der Waals surface area (Å²) < 4.78 is 10.5. The highest BCUT2D eigenvalue weighted by Gasteiger charge is 2.14. The molecule has 1 rings (SSSR count). The molecule has 0 aromatic heterocycles. The lowest BCUT2D eigenvalue weighted by molar-refractivity contribution is 0.351. The molecule has 0 heterocycles. The van der Waals surface area contributed by atoms with E-state index in [4.69, 9.17) is 26.8 Å². The maximum Gasteiger partial charge on any atom is 0.179 e. The van der Waals surface area contributed by atoms with Crippen molar-refractivity contribution in [1.82, 2.24) is 0 Å². The van der Waals surface area contributed by atoms with Gasteiger partial charge < -0.3 is 15.2 Å². The predicted octanol–water partition coefficient (Wildman–Crippen LogP) is 2.25. The summed E-state index contributed by atoms with van der Waals surface area (Å²) in [5, 5.41) is 0.544. The van der Waals surface area contributed by atoms with Crippen LogP contribution in [0.1, 0.15) is 12.5 Å². The van der Waals surface area contributed by atoms with Gasteiger partial charge in [-0.1, -0.05) is 17.7 Å². The molecule has 1 atom stereocenters. The molecule has 0 amide bonds. The first kappa shape index (κ1) is 12.1. The van der Waals surface area contributed by atoms with Crippen molar-refractivity contribution >= 4 is 11.6 Å². The van der Waals surface area contributed by atoms with E-state index < -0.39 is 0 Å². The van der Waals surface area contributed by atoms with Gasteiger partial charge in [-0.3, -0.25) is 0 Å². The monoisotopic (exact) mass is 229 g/mol. The fraction of sp³-hybridized carbons (Fsp3) is 0.455. The number of nitrogens with two attached hydrogens (primary N) is 1. The van der Waals surface area contributed by atoms with Gasteiger partial charge in [-0.15, -0.1) is 0 Å². The van der Waals surface area contributed by atoms with Gasteiger partial charge in [0.15, 0.2) is 11.5 Å². The molecule has 1 unspecified atom stereocenters. The second-order valence-corrected chi connectivity index (χ2v) is 3.86. The molecular weight excluding hydrogens is 214 g/mol. The first-order chi connectivity index (χ1) is 7.10. The molecule has 0 radical (unpaired) electrons. The maximum atomic E-state index is 5.98. The summed E-state index contributed by atoms with van der Waals surface area (Å²) in [6, 6.07) is 3.78. The highest BCUT2D eigenvalue weighted by molar-refractivity contribution is 6.32. The van der Waals surface area contributed by atoms with Crippen molar-refractivity contribution in [2.75, 3.05) is 14.2 Å². The van der Waals surface area contributed by atoms with Crippen LogP contribution >= 0.6 is 11.6 Å². The fourth-order valence-corrected chi connectivity index (χ4v) is 1.73. The van der Waals surface area contributed by atoms with Crippen molar-refractivity contribution < 1.29 is 9.47 Å². The third-order valence-electron chi connectivity index (χ3n) is 2.10. The van der Waals surface area contributed by atoms with Crippen LogP contribution in [0.15, 0.2) is 12.1 Å². The van der Waals surface area contributed by atoms with E-state index in [1.165, 1.54) is 0 Å². The number of rotatable bonds is 4. The Hall–Kier alpha value is -0.930. The van der Waals surface area contributed by atoms with Crippen LogP contribution in [0.5, 0.6) is 11.5 Å². The van der Waals surface area contributed by atoms with Crippen LogP contribution in [-0.4, -0.2) is 20.3 Å². The van der Waals surface area contributed by atoms with E-state index >= 15 is 0 Å². The molecule has 0 saturated carbocycles. The lowest BCUT2D eigenvalue weighted by Gasteiger charge is -2.15. The smallest absolute Gasteiger partial charge is 0.179 e. The molecule has 15 heavy (non-hydrogen) atoms. The molecule has 84 valence electrons. The number of ether oxygens (including phenoxy) is 2. The van der Waals surface area contributed by atoms with Gasteiger partial charge in [-0.05, 0) is 25.0 Å². The molecule has 0 fully saturated rings. The molecule has 1 aromatic rings. The van der Waals surface area contributed by atoms with Gasteiger partial charge in [0.1, 0.15) is 0 Å². The molecule has 1 aromatic carbocycles. The van der Waals surface area contributed by atoms with Crippen LogP contribution in [0.25, 0.3) is 0 Å². The molecule has 4 heteroatoms. The van der Waals surface area contributed by atoms with Gasteiger partial charge in [0.05, 0.1) is 19.2 Å². The Labute approximate surface area is 95.1 Å². The van der Waals surface area contributed by atoms with E-state index in [2.05, 4.69) is 0 Å². The predicted molar refractivity (Wildman–Crippen MR) is 61.9 cm³/mol.